The summed E-state index contributed by atoms with van der Waals surface area (Å²) in [7, 11) is 0. The zero-order chi connectivity index (χ0) is 10.3. The Kier molecular flexibility index (Phi) is 1.53. The number of hydrogen-bond donors (Lipinski definition) is 2. The van der Waals surface area contributed by atoms with Crippen LogP contribution in [-0.4, -0.2) is 16.1 Å². The molecule has 5 heteroatoms. The molecule has 5 nitrogen and oxygen atoms in total. The number of rotatable bonds is 0. The zero-order valence-corrected chi connectivity index (χ0v) is 7.65. The van der Waals surface area contributed by atoms with Crippen LogP contribution < -0.4 is 10.1 Å². The first-order valence-corrected chi connectivity index (χ1v) is 4.44. The first-order valence-electron chi connectivity index (χ1n) is 4.44. The molecule has 3 rings (SSSR count). The first kappa shape index (κ1) is 8.05. The van der Waals surface area contributed by atoms with Gasteiger partial charge in [0.2, 0.25) is 0 Å². The molecule has 1 aliphatic rings. The van der Waals surface area contributed by atoms with Crippen LogP contribution in [0.1, 0.15) is 0 Å². The van der Waals surface area contributed by atoms with Crippen molar-refractivity contribution in [3.05, 3.63) is 30.7 Å². The van der Waals surface area contributed by atoms with E-state index in [9.17, 15) is 4.79 Å². The van der Waals surface area contributed by atoms with Crippen LogP contribution in [0, 0.1) is 0 Å². The van der Waals surface area contributed by atoms with Crippen LogP contribution in [0.4, 0.5) is 5.69 Å². The number of carbonyl (C=O) groups is 1. The molecule has 0 atom stereocenters. The highest BCUT2D eigenvalue weighted by molar-refractivity contribution is 6.02. The maximum absolute atomic E-state index is 11.2. The molecular formula is C10H7N3O2. The molecule has 1 aromatic heterocycles. The van der Waals surface area contributed by atoms with E-state index in [1.807, 2.05) is 6.07 Å². The number of hydrogen-bond acceptors (Lipinski definition) is 3. The van der Waals surface area contributed by atoms with Crippen molar-refractivity contribution >= 4 is 22.5 Å². The summed E-state index contributed by atoms with van der Waals surface area (Å²) in [6, 6.07) is 3.62. The SMILES string of the molecule is O=C1C=COc2cc3[nH]ncc3cc2N1. The number of anilines is 1. The summed E-state index contributed by atoms with van der Waals surface area (Å²) in [5, 5.41) is 10.4. The molecule has 0 radical (unpaired) electrons. The molecule has 0 saturated carbocycles. The third-order valence-corrected chi connectivity index (χ3v) is 2.21. The van der Waals surface area contributed by atoms with E-state index in [1.165, 1.54) is 12.3 Å². The van der Waals surface area contributed by atoms with Gasteiger partial charge in [0.25, 0.3) is 5.91 Å². The van der Waals surface area contributed by atoms with E-state index in [2.05, 4.69) is 15.5 Å². The highest BCUT2D eigenvalue weighted by Crippen LogP contribution is 2.30. The van der Waals surface area contributed by atoms with E-state index in [-0.39, 0.29) is 5.91 Å². The minimum Gasteiger partial charge on any atom is -0.463 e. The zero-order valence-electron chi connectivity index (χ0n) is 7.65. The van der Waals surface area contributed by atoms with Gasteiger partial charge in [-0.15, -0.1) is 0 Å². The van der Waals surface area contributed by atoms with Gasteiger partial charge < -0.3 is 10.1 Å². The summed E-state index contributed by atoms with van der Waals surface area (Å²) in [5.74, 6) is 0.408. The van der Waals surface area contributed by atoms with E-state index in [1.54, 1.807) is 12.3 Å². The Hall–Kier alpha value is -2.30. The number of fused-ring (bicyclic) bond motifs is 2. The van der Waals surface area contributed by atoms with E-state index in [0.29, 0.717) is 11.4 Å². The molecular weight excluding hydrogens is 194 g/mol. The van der Waals surface area contributed by atoms with Gasteiger partial charge in [-0.25, -0.2) is 0 Å². The van der Waals surface area contributed by atoms with Crippen LogP contribution in [0.5, 0.6) is 5.75 Å². The largest absolute Gasteiger partial charge is 0.463 e. The summed E-state index contributed by atoms with van der Waals surface area (Å²) in [4.78, 5) is 11.2. The van der Waals surface area contributed by atoms with Gasteiger partial charge in [-0.05, 0) is 6.07 Å². The van der Waals surface area contributed by atoms with Crippen molar-refractivity contribution in [1.82, 2.24) is 10.2 Å². The second-order valence-electron chi connectivity index (χ2n) is 3.22. The van der Waals surface area contributed by atoms with Crippen molar-refractivity contribution < 1.29 is 9.53 Å². The number of ether oxygens (including phenoxy) is 1. The van der Waals surface area contributed by atoms with Crippen molar-refractivity contribution in [3.63, 3.8) is 0 Å². The molecule has 2 N–H and O–H groups in total. The highest BCUT2D eigenvalue weighted by Gasteiger charge is 2.11. The Morgan fingerprint density at radius 2 is 2.27 bits per heavy atom. The van der Waals surface area contributed by atoms with Gasteiger partial charge in [0.15, 0.2) is 5.75 Å². The van der Waals surface area contributed by atoms with Crippen LogP contribution in [0.2, 0.25) is 0 Å². The average molecular weight is 201 g/mol. The van der Waals surface area contributed by atoms with Crippen LogP contribution >= 0.6 is 0 Å². The highest BCUT2D eigenvalue weighted by atomic mass is 16.5. The molecule has 0 spiro atoms. The monoisotopic (exact) mass is 201 g/mol. The van der Waals surface area contributed by atoms with Gasteiger partial charge in [-0.1, -0.05) is 0 Å². The van der Waals surface area contributed by atoms with E-state index in [4.69, 9.17) is 4.74 Å². The number of aromatic amines is 1. The molecule has 2 heterocycles. The summed E-state index contributed by atoms with van der Waals surface area (Å²) < 4.78 is 5.28. The number of nitrogens with one attached hydrogen (secondary N) is 2. The Morgan fingerprint density at radius 3 is 3.20 bits per heavy atom. The number of H-pyrrole nitrogens is 1. The first-order chi connectivity index (χ1) is 7.33. The fourth-order valence-corrected chi connectivity index (χ4v) is 1.51. The summed E-state index contributed by atoms with van der Waals surface area (Å²) >= 11 is 0. The Bertz CT molecular complexity index is 571. The van der Waals surface area contributed by atoms with Crippen molar-refractivity contribution in [2.75, 3.05) is 5.32 Å². The normalized spacial score (nSPS) is 14.3. The van der Waals surface area contributed by atoms with E-state index >= 15 is 0 Å². The minimum absolute atomic E-state index is 0.198. The molecule has 15 heavy (non-hydrogen) atoms. The number of nitrogens with zero attached hydrogens (tertiary/aromatic N) is 1. The smallest absolute Gasteiger partial charge is 0.251 e. The van der Waals surface area contributed by atoms with Crippen molar-refractivity contribution in [3.8, 4) is 5.75 Å². The second kappa shape index (κ2) is 2.84. The van der Waals surface area contributed by atoms with Crippen LogP contribution in [0.25, 0.3) is 10.9 Å². The molecule has 1 aromatic carbocycles. The fraction of sp³-hybridized carbons (Fsp3) is 0. The number of benzene rings is 1. The standard InChI is InChI=1S/C10H7N3O2/c14-10-1-2-15-9-4-7-6(5-11-13-7)3-8(9)12-10/h1-5H,(H,11,13)(H,12,14). The Morgan fingerprint density at radius 1 is 1.33 bits per heavy atom. The number of aromatic nitrogens is 2. The van der Waals surface area contributed by atoms with Gasteiger partial charge >= 0.3 is 0 Å². The van der Waals surface area contributed by atoms with Crippen LogP contribution in [0.15, 0.2) is 30.7 Å². The van der Waals surface area contributed by atoms with E-state index in [0.717, 1.165) is 10.9 Å². The average Bonchev–Trinajstić information content (AvgIpc) is 2.57. The third kappa shape index (κ3) is 1.25. The number of carbonyl (C=O) groups excluding carboxylic acids is 1. The lowest BCUT2D eigenvalue weighted by Crippen LogP contribution is -2.06. The van der Waals surface area contributed by atoms with Gasteiger partial charge in [0.1, 0.15) is 0 Å². The van der Waals surface area contributed by atoms with Gasteiger partial charge in [-0.3, -0.25) is 9.89 Å². The number of amides is 1. The molecule has 0 saturated heterocycles. The van der Waals surface area contributed by atoms with Crippen molar-refractivity contribution in [1.29, 1.82) is 0 Å². The van der Waals surface area contributed by atoms with Crippen molar-refractivity contribution in [2.24, 2.45) is 0 Å². The lowest BCUT2D eigenvalue weighted by atomic mass is 10.2. The lowest BCUT2D eigenvalue weighted by molar-refractivity contribution is -0.111. The Labute approximate surface area is 84.7 Å². The topological polar surface area (TPSA) is 67.0 Å². The lowest BCUT2D eigenvalue weighted by Gasteiger charge is -2.05. The molecule has 1 aliphatic heterocycles. The molecule has 0 unspecified atom stereocenters. The third-order valence-electron chi connectivity index (χ3n) is 2.21. The molecule has 74 valence electrons. The van der Waals surface area contributed by atoms with E-state index < -0.39 is 0 Å². The maximum atomic E-state index is 11.2. The molecule has 0 bridgehead atoms. The predicted molar refractivity (Wildman–Crippen MR) is 54.5 cm³/mol. The second-order valence-corrected chi connectivity index (χ2v) is 3.22. The molecule has 2 aromatic rings. The van der Waals surface area contributed by atoms with Gasteiger partial charge in [-0.2, -0.15) is 5.10 Å². The minimum atomic E-state index is -0.198. The van der Waals surface area contributed by atoms with Crippen LogP contribution in [-0.2, 0) is 4.79 Å². The summed E-state index contributed by atoms with van der Waals surface area (Å²) in [5.41, 5.74) is 1.53. The van der Waals surface area contributed by atoms with Gasteiger partial charge in [0.05, 0.1) is 23.7 Å². The molecule has 0 aliphatic carbocycles. The fourth-order valence-electron chi connectivity index (χ4n) is 1.51. The predicted octanol–water partition coefficient (Wildman–Crippen LogP) is 1.41. The molecule has 1 amide bonds. The maximum Gasteiger partial charge on any atom is 0.251 e. The van der Waals surface area contributed by atoms with Gasteiger partial charge in [0, 0.05) is 17.5 Å². The summed E-state index contributed by atoms with van der Waals surface area (Å²) in [6.45, 7) is 0. The quantitative estimate of drug-likeness (QED) is 0.677. The van der Waals surface area contributed by atoms with Crippen molar-refractivity contribution in [2.45, 2.75) is 0 Å². The molecule has 0 fully saturated rings. The Balaban J connectivity index is 2.23. The van der Waals surface area contributed by atoms with Crippen LogP contribution in [0.3, 0.4) is 0 Å². The summed E-state index contributed by atoms with van der Waals surface area (Å²) in [6.07, 6.45) is 4.40.